The lowest BCUT2D eigenvalue weighted by Crippen LogP contribution is -2.46. The van der Waals surface area contributed by atoms with Gasteiger partial charge in [-0.15, -0.1) is 0 Å². The van der Waals surface area contributed by atoms with E-state index in [1.165, 1.54) is 7.11 Å². The molecule has 6 nitrogen and oxygen atoms in total. The zero-order chi connectivity index (χ0) is 19.4. The molecule has 0 atom stereocenters. The first-order chi connectivity index (χ1) is 12.9. The third-order valence-electron chi connectivity index (χ3n) is 4.55. The molecule has 1 N–H and O–H groups in total. The number of sulfonamides is 1. The molecule has 0 aromatic heterocycles. The number of benzene rings is 2. The fourth-order valence-corrected chi connectivity index (χ4v) is 4.60. The smallest absolute Gasteiger partial charge is 0.257 e. The van der Waals surface area contributed by atoms with E-state index in [9.17, 15) is 13.2 Å². The van der Waals surface area contributed by atoms with Gasteiger partial charge in [-0.2, -0.15) is 0 Å². The van der Waals surface area contributed by atoms with Gasteiger partial charge in [-0.05, 0) is 43.2 Å². The zero-order valence-corrected chi connectivity index (χ0v) is 16.5. The fourth-order valence-electron chi connectivity index (χ4n) is 3.11. The van der Waals surface area contributed by atoms with Crippen molar-refractivity contribution in [3.8, 4) is 5.75 Å². The van der Waals surface area contributed by atoms with E-state index in [0.29, 0.717) is 42.3 Å². The van der Waals surface area contributed by atoms with Crippen LogP contribution in [0.5, 0.6) is 5.75 Å². The molecule has 1 aliphatic heterocycles. The maximum absolute atomic E-state index is 12.8. The average molecular weight is 409 g/mol. The van der Waals surface area contributed by atoms with Crippen LogP contribution in [0.25, 0.3) is 0 Å². The molecule has 8 heteroatoms. The lowest BCUT2D eigenvalue weighted by Gasteiger charge is -2.32. The van der Waals surface area contributed by atoms with Gasteiger partial charge < -0.3 is 9.64 Å². The minimum atomic E-state index is -3.56. The fraction of sp³-hybridized carbons (Fsp3) is 0.316. The summed E-state index contributed by atoms with van der Waals surface area (Å²) in [5, 5.41) is 0.463. The van der Waals surface area contributed by atoms with E-state index in [1.54, 1.807) is 53.4 Å². The average Bonchev–Trinajstić information content (AvgIpc) is 2.68. The highest BCUT2D eigenvalue weighted by molar-refractivity contribution is 7.89. The molecule has 27 heavy (non-hydrogen) atoms. The second-order valence-corrected chi connectivity index (χ2v) is 8.50. The summed E-state index contributed by atoms with van der Waals surface area (Å²) in [4.78, 5) is 14.7. The number of nitrogens with zero attached hydrogens (tertiary/aromatic N) is 1. The number of hydrogen-bond donors (Lipinski definition) is 1. The molecule has 0 radical (unpaired) electrons. The molecule has 3 rings (SSSR count). The van der Waals surface area contributed by atoms with Crippen LogP contribution < -0.4 is 9.46 Å². The molecule has 1 amide bonds. The van der Waals surface area contributed by atoms with Gasteiger partial charge in [-0.3, -0.25) is 4.79 Å². The number of nitrogens with one attached hydrogen (secondary N) is 1. The lowest BCUT2D eigenvalue weighted by molar-refractivity contribution is 0.0708. The summed E-state index contributed by atoms with van der Waals surface area (Å²) in [6, 6.07) is 13.0. The van der Waals surface area contributed by atoms with E-state index in [-0.39, 0.29) is 16.8 Å². The van der Waals surface area contributed by atoms with E-state index < -0.39 is 10.0 Å². The predicted octanol–water partition coefficient (Wildman–Crippen LogP) is 2.93. The van der Waals surface area contributed by atoms with Crippen molar-refractivity contribution in [3.05, 3.63) is 59.1 Å². The number of piperidine rings is 1. The molecule has 0 spiro atoms. The largest absolute Gasteiger partial charge is 0.496 e. The third-order valence-corrected chi connectivity index (χ3v) is 6.32. The number of carbonyl (C=O) groups is 1. The third kappa shape index (κ3) is 4.61. The summed E-state index contributed by atoms with van der Waals surface area (Å²) < 4.78 is 32.9. The Hall–Kier alpha value is -2.09. The van der Waals surface area contributed by atoms with Crippen LogP contribution >= 0.6 is 11.6 Å². The van der Waals surface area contributed by atoms with Gasteiger partial charge in [-0.25, -0.2) is 13.1 Å². The molecule has 0 aliphatic carbocycles. The number of halogens is 1. The number of ether oxygens (including phenoxy) is 1. The van der Waals surface area contributed by atoms with Crippen LogP contribution in [-0.4, -0.2) is 45.5 Å². The first-order valence-corrected chi connectivity index (χ1v) is 10.5. The van der Waals surface area contributed by atoms with Gasteiger partial charge in [0.15, 0.2) is 0 Å². The van der Waals surface area contributed by atoms with Crippen molar-refractivity contribution in [1.29, 1.82) is 0 Å². The van der Waals surface area contributed by atoms with E-state index in [2.05, 4.69) is 4.72 Å². The molecule has 1 saturated heterocycles. The Labute approximate surface area is 164 Å². The van der Waals surface area contributed by atoms with Gasteiger partial charge in [0, 0.05) is 24.2 Å². The predicted molar refractivity (Wildman–Crippen MR) is 104 cm³/mol. The molecule has 2 aromatic rings. The van der Waals surface area contributed by atoms with Crippen LogP contribution in [0.4, 0.5) is 0 Å². The topological polar surface area (TPSA) is 75.7 Å². The van der Waals surface area contributed by atoms with E-state index in [1.807, 2.05) is 0 Å². The molecule has 2 aromatic carbocycles. The zero-order valence-electron chi connectivity index (χ0n) is 14.9. The van der Waals surface area contributed by atoms with Crippen LogP contribution in [0.3, 0.4) is 0 Å². The standard InChI is InChI=1S/C19H21ClN2O4S/c1-26-18-8-7-14(20)13-17(18)19(23)22-11-9-15(10-12-22)21-27(24,25)16-5-3-2-4-6-16/h2-8,13,15,21H,9-12H2,1H3. The summed E-state index contributed by atoms with van der Waals surface area (Å²) in [6.07, 6.45) is 1.08. The first kappa shape index (κ1) is 19.7. The van der Waals surface area contributed by atoms with Crippen LogP contribution in [0.15, 0.2) is 53.4 Å². The number of methoxy groups -OCH3 is 1. The monoisotopic (exact) mass is 408 g/mol. The molecule has 0 bridgehead atoms. The summed E-state index contributed by atoms with van der Waals surface area (Å²) >= 11 is 6.01. The molecule has 1 fully saturated rings. The molecule has 144 valence electrons. The molecule has 0 saturated carbocycles. The van der Waals surface area contributed by atoms with E-state index in [0.717, 1.165) is 0 Å². The number of hydrogen-bond acceptors (Lipinski definition) is 4. The second-order valence-electron chi connectivity index (χ2n) is 6.35. The Morgan fingerprint density at radius 2 is 1.81 bits per heavy atom. The first-order valence-electron chi connectivity index (χ1n) is 8.61. The Bertz CT molecular complexity index is 911. The summed E-state index contributed by atoms with van der Waals surface area (Å²) in [7, 11) is -2.05. The Kier molecular flexibility index (Phi) is 6.04. The molecular formula is C19H21ClN2O4S. The van der Waals surface area contributed by atoms with Crippen molar-refractivity contribution < 1.29 is 17.9 Å². The van der Waals surface area contributed by atoms with Crippen LogP contribution in [0.2, 0.25) is 5.02 Å². The maximum Gasteiger partial charge on any atom is 0.257 e. The number of likely N-dealkylation sites (tertiary alicyclic amines) is 1. The van der Waals surface area contributed by atoms with Crippen LogP contribution in [0.1, 0.15) is 23.2 Å². The number of rotatable bonds is 5. The van der Waals surface area contributed by atoms with Gasteiger partial charge >= 0.3 is 0 Å². The van der Waals surface area contributed by atoms with Gasteiger partial charge in [0.2, 0.25) is 10.0 Å². The molecule has 0 unspecified atom stereocenters. The van der Waals surface area contributed by atoms with E-state index >= 15 is 0 Å². The minimum absolute atomic E-state index is 0.168. The number of amides is 1. The highest BCUT2D eigenvalue weighted by Crippen LogP contribution is 2.25. The Morgan fingerprint density at radius 3 is 2.44 bits per heavy atom. The van der Waals surface area contributed by atoms with Gasteiger partial charge in [0.25, 0.3) is 5.91 Å². The van der Waals surface area contributed by atoms with E-state index in [4.69, 9.17) is 16.3 Å². The quantitative estimate of drug-likeness (QED) is 0.825. The second kappa shape index (κ2) is 8.29. The van der Waals surface area contributed by atoms with Crippen molar-refractivity contribution in [3.63, 3.8) is 0 Å². The summed E-state index contributed by atoms with van der Waals surface area (Å²) in [5.74, 6) is 0.301. The van der Waals surface area contributed by atoms with Gasteiger partial charge in [0.05, 0.1) is 17.6 Å². The summed E-state index contributed by atoms with van der Waals surface area (Å²) in [6.45, 7) is 0.910. The minimum Gasteiger partial charge on any atom is -0.496 e. The highest BCUT2D eigenvalue weighted by atomic mass is 35.5. The molecule has 1 aliphatic rings. The van der Waals surface area contributed by atoms with Crippen molar-refractivity contribution in [2.75, 3.05) is 20.2 Å². The van der Waals surface area contributed by atoms with Crippen molar-refractivity contribution in [2.24, 2.45) is 0 Å². The van der Waals surface area contributed by atoms with Crippen LogP contribution in [0, 0.1) is 0 Å². The molecule has 1 heterocycles. The van der Waals surface area contributed by atoms with Crippen molar-refractivity contribution in [2.45, 2.75) is 23.8 Å². The van der Waals surface area contributed by atoms with Gasteiger partial charge in [0.1, 0.15) is 5.75 Å². The SMILES string of the molecule is COc1ccc(Cl)cc1C(=O)N1CCC(NS(=O)(=O)c2ccccc2)CC1. The lowest BCUT2D eigenvalue weighted by atomic mass is 10.0. The normalized spacial score (nSPS) is 15.6. The Balaban J connectivity index is 1.64. The highest BCUT2D eigenvalue weighted by Gasteiger charge is 2.28. The van der Waals surface area contributed by atoms with Gasteiger partial charge in [-0.1, -0.05) is 29.8 Å². The Morgan fingerprint density at radius 1 is 1.15 bits per heavy atom. The van der Waals surface area contributed by atoms with Crippen LogP contribution in [-0.2, 0) is 10.0 Å². The molecular weight excluding hydrogens is 388 g/mol. The summed E-state index contributed by atoms with van der Waals surface area (Å²) in [5.41, 5.74) is 0.410. The van der Waals surface area contributed by atoms with Crippen molar-refractivity contribution >= 4 is 27.5 Å². The maximum atomic E-state index is 12.8. The van der Waals surface area contributed by atoms with Crippen molar-refractivity contribution in [1.82, 2.24) is 9.62 Å². The number of carbonyl (C=O) groups excluding carboxylic acids is 1.